The molecule has 2 aromatic heterocycles. The summed E-state index contributed by atoms with van der Waals surface area (Å²) in [7, 11) is 1.89. The van der Waals surface area contributed by atoms with Crippen molar-refractivity contribution in [2.75, 3.05) is 0 Å². The van der Waals surface area contributed by atoms with Gasteiger partial charge in [-0.2, -0.15) is 0 Å². The fraction of sp³-hybridized carbons (Fsp3) is 0.182. The zero-order valence-electron chi connectivity index (χ0n) is 15.4. The number of hydrogen-bond acceptors (Lipinski definition) is 2. The first-order valence-electron chi connectivity index (χ1n) is 8.84. The third-order valence-corrected chi connectivity index (χ3v) is 5.74. The maximum atomic E-state index is 13.6. The standard InChI is InChI=1S/C22H19BrN2O2/c1-13(2)19-18(23)20-17(22(27)25(19)14-9-5-4-6-10-14)21(26)15-11-7-8-12-16(15)24(20)3/h4-13H,1-3H3. The van der Waals surface area contributed by atoms with Gasteiger partial charge in [0.15, 0.2) is 0 Å². The number of benzene rings is 2. The van der Waals surface area contributed by atoms with Crippen molar-refractivity contribution in [1.29, 1.82) is 0 Å². The summed E-state index contributed by atoms with van der Waals surface area (Å²) in [5, 5.41) is 0.754. The summed E-state index contributed by atoms with van der Waals surface area (Å²) in [6, 6.07) is 16.9. The molecule has 0 aliphatic carbocycles. The van der Waals surface area contributed by atoms with E-state index in [1.165, 1.54) is 0 Å². The number of rotatable bonds is 2. The Bertz CT molecular complexity index is 1300. The predicted molar refractivity (Wildman–Crippen MR) is 114 cm³/mol. The van der Waals surface area contributed by atoms with Crippen LogP contribution in [0.5, 0.6) is 0 Å². The minimum Gasteiger partial charge on any atom is -0.342 e. The number of para-hydroxylation sites is 2. The van der Waals surface area contributed by atoms with Crippen molar-refractivity contribution in [3.05, 3.63) is 85.3 Å². The van der Waals surface area contributed by atoms with Crippen LogP contribution in [0.3, 0.4) is 0 Å². The molecule has 136 valence electrons. The van der Waals surface area contributed by atoms with Gasteiger partial charge in [0, 0.05) is 23.8 Å². The van der Waals surface area contributed by atoms with Crippen LogP contribution in [0.15, 0.2) is 68.7 Å². The highest BCUT2D eigenvalue weighted by Crippen LogP contribution is 2.32. The largest absolute Gasteiger partial charge is 0.342 e. The van der Waals surface area contributed by atoms with E-state index in [1.54, 1.807) is 10.6 Å². The zero-order valence-corrected chi connectivity index (χ0v) is 16.9. The Labute approximate surface area is 164 Å². The molecule has 0 fully saturated rings. The minimum atomic E-state index is -0.283. The third-order valence-electron chi connectivity index (χ3n) is 4.96. The van der Waals surface area contributed by atoms with E-state index in [4.69, 9.17) is 0 Å². The SMILES string of the molecule is CC(C)c1c(Br)c2c(c(=O)c3ccccc3n2C)c(=O)n1-c1ccccc1. The molecule has 4 aromatic rings. The van der Waals surface area contributed by atoms with Crippen molar-refractivity contribution in [3.63, 3.8) is 0 Å². The van der Waals surface area contributed by atoms with E-state index in [1.807, 2.05) is 74.0 Å². The molecular weight excluding hydrogens is 404 g/mol. The molecular formula is C22H19BrN2O2. The summed E-state index contributed by atoms with van der Waals surface area (Å²) in [5.41, 5.74) is 2.54. The van der Waals surface area contributed by atoms with Gasteiger partial charge in [-0.15, -0.1) is 0 Å². The number of pyridine rings is 2. The lowest BCUT2D eigenvalue weighted by atomic mass is 10.0. The molecule has 0 unspecified atom stereocenters. The first kappa shape index (κ1) is 17.7. The Kier molecular flexibility index (Phi) is 4.27. The van der Waals surface area contributed by atoms with Crippen LogP contribution in [-0.4, -0.2) is 9.13 Å². The van der Waals surface area contributed by atoms with Crippen molar-refractivity contribution in [2.24, 2.45) is 7.05 Å². The molecule has 0 saturated carbocycles. The summed E-state index contributed by atoms with van der Waals surface area (Å²) < 4.78 is 4.37. The highest BCUT2D eigenvalue weighted by atomic mass is 79.9. The minimum absolute atomic E-state index is 0.0817. The van der Waals surface area contributed by atoms with Crippen LogP contribution in [0.25, 0.3) is 27.5 Å². The number of hydrogen-bond donors (Lipinski definition) is 0. The van der Waals surface area contributed by atoms with Gasteiger partial charge in [0.05, 0.1) is 15.5 Å². The number of nitrogens with zero attached hydrogens (tertiary/aromatic N) is 2. The zero-order chi connectivity index (χ0) is 19.3. The summed E-state index contributed by atoms with van der Waals surface area (Å²) in [5.74, 6) is 0.0817. The van der Waals surface area contributed by atoms with Crippen molar-refractivity contribution in [2.45, 2.75) is 19.8 Å². The maximum absolute atomic E-state index is 13.6. The lowest BCUT2D eigenvalue weighted by Gasteiger charge is -2.21. The van der Waals surface area contributed by atoms with E-state index in [-0.39, 0.29) is 22.3 Å². The van der Waals surface area contributed by atoms with E-state index < -0.39 is 0 Å². The van der Waals surface area contributed by atoms with Crippen molar-refractivity contribution >= 4 is 37.7 Å². The Hall–Kier alpha value is -2.66. The molecule has 0 bridgehead atoms. The monoisotopic (exact) mass is 422 g/mol. The molecule has 0 saturated heterocycles. The molecule has 2 aromatic carbocycles. The highest BCUT2D eigenvalue weighted by molar-refractivity contribution is 9.10. The van der Waals surface area contributed by atoms with Gasteiger partial charge in [-0.1, -0.05) is 44.2 Å². The van der Waals surface area contributed by atoms with E-state index in [2.05, 4.69) is 15.9 Å². The van der Waals surface area contributed by atoms with Gasteiger partial charge in [-0.3, -0.25) is 14.2 Å². The van der Waals surface area contributed by atoms with Gasteiger partial charge in [0.1, 0.15) is 5.39 Å². The number of aromatic nitrogens is 2. The van der Waals surface area contributed by atoms with E-state index >= 15 is 0 Å². The van der Waals surface area contributed by atoms with Crippen LogP contribution in [-0.2, 0) is 7.05 Å². The van der Waals surface area contributed by atoms with Crippen LogP contribution in [0.2, 0.25) is 0 Å². The average Bonchev–Trinajstić information content (AvgIpc) is 2.67. The van der Waals surface area contributed by atoms with Crippen LogP contribution in [0.4, 0.5) is 0 Å². The summed E-state index contributed by atoms with van der Waals surface area (Å²) >= 11 is 3.72. The van der Waals surface area contributed by atoms with E-state index in [9.17, 15) is 9.59 Å². The first-order valence-corrected chi connectivity index (χ1v) is 9.64. The Morgan fingerprint density at radius 1 is 0.926 bits per heavy atom. The van der Waals surface area contributed by atoms with Crippen LogP contribution in [0.1, 0.15) is 25.5 Å². The molecule has 5 heteroatoms. The molecule has 27 heavy (non-hydrogen) atoms. The molecule has 2 heterocycles. The Morgan fingerprint density at radius 3 is 2.22 bits per heavy atom. The Morgan fingerprint density at radius 2 is 1.56 bits per heavy atom. The van der Waals surface area contributed by atoms with Crippen molar-refractivity contribution in [1.82, 2.24) is 9.13 Å². The molecule has 0 spiro atoms. The van der Waals surface area contributed by atoms with E-state index in [0.717, 1.165) is 21.4 Å². The summed E-state index contributed by atoms with van der Waals surface area (Å²) in [6.07, 6.45) is 0. The highest BCUT2D eigenvalue weighted by Gasteiger charge is 2.23. The summed E-state index contributed by atoms with van der Waals surface area (Å²) in [6.45, 7) is 4.09. The van der Waals surface area contributed by atoms with Gasteiger partial charge < -0.3 is 4.57 Å². The normalized spacial score (nSPS) is 11.6. The predicted octanol–water partition coefficient (Wildman–Crippen LogP) is 4.73. The molecule has 0 radical (unpaired) electrons. The molecule has 4 nitrogen and oxygen atoms in total. The lowest BCUT2D eigenvalue weighted by molar-refractivity contribution is 0.755. The fourth-order valence-electron chi connectivity index (χ4n) is 3.73. The number of fused-ring (bicyclic) bond motifs is 2. The second-order valence-corrected chi connectivity index (χ2v) is 7.75. The van der Waals surface area contributed by atoms with Crippen molar-refractivity contribution in [3.8, 4) is 5.69 Å². The Balaban J connectivity index is 2.34. The van der Waals surface area contributed by atoms with Gasteiger partial charge >= 0.3 is 0 Å². The lowest BCUT2D eigenvalue weighted by Crippen LogP contribution is -2.29. The van der Waals surface area contributed by atoms with E-state index in [0.29, 0.717) is 10.9 Å². The van der Waals surface area contributed by atoms with Gasteiger partial charge in [-0.25, -0.2) is 0 Å². The fourth-order valence-corrected chi connectivity index (χ4v) is 4.83. The maximum Gasteiger partial charge on any atom is 0.268 e. The molecule has 0 amide bonds. The number of halogens is 1. The van der Waals surface area contributed by atoms with Crippen molar-refractivity contribution < 1.29 is 0 Å². The van der Waals surface area contributed by atoms with Crippen LogP contribution >= 0.6 is 15.9 Å². The summed E-state index contributed by atoms with van der Waals surface area (Å²) in [4.78, 5) is 26.8. The topological polar surface area (TPSA) is 44.0 Å². The quantitative estimate of drug-likeness (QED) is 0.438. The van der Waals surface area contributed by atoms with Crippen LogP contribution in [0, 0.1) is 0 Å². The van der Waals surface area contributed by atoms with Gasteiger partial charge in [0.25, 0.3) is 5.56 Å². The average molecular weight is 423 g/mol. The van der Waals surface area contributed by atoms with Gasteiger partial charge in [-0.05, 0) is 46.1 Å². The second-order valence-electron chi connectivity index (χ2n) is 6.96. The molecule has 0 aliphatic rings. The van der Waals surface area contributed by atoms with Gasteiger partial charge in [0.2, 0.25) is 5.43 Å². The third kappa shape index (κ3) is 2.57. The number of aryl methyl sites for hydroxylation is 1. The van der Waals surface area contributed by atoms with Crippen LogP contribution < -0.4 is 11.0 Å². The molecule has 4 rings (SSSR count). The second kappa shape index (κ2) is 6.50. The molecule has 0 atom stereocenters. The smallest absolute Gasteiger partial charge is 0.268 e. The molecule has 0 aliphatic heterocycles. The molecule has 0 N–H and O–H groups in total. The first-order chi connectivity index (χ1) is 12.9.